The standard InChI is InChI=1S/C28H26Cl4N4O3/c29-21-4-1-18(2-5-21)13-25(32)36-17-27(38)35(16-19-7-10-33-11-8-19)24(28(36)39)15-26(37)34-12-9-20-3-6-22(30)14-23(20)31/h1-8,10-11,14,24-25H,9,12-13,15-17H2,(H,34,37). The highest BCUT2D eigenvalue weighted by Gasteiger charge is 2.42. The monoisotopic (exact) mass is 606 g/mol. The van der Waals surface area contributed by atoms with Gasteiger partial charge in [0.05, 0.1) is 6.42 Å². The smallest absolute Gasteiger partial charge is 0.247 e. The van der Waals surface area contributed by atoms with Crippen LogP contribution in [0.25, 0.3) is 0 Å². The van der Waals surface area contributed by atoms with Crippen molar-refractivity contribution in [3.05, 3.63) is 98.7 Å². The fraction of sp³-hybridized carbons (Fsp3) is 0.286. The third kappa shape index (κ3) is 7.85. The van der Waals surface area contributed by atoms with Gasteiger partial charge in [-0.2, -0.15) is 0 Å². The molecule has 4 rings (SSSR count). The van der Waals surface area contributed by atoms with Gasteiger partial charge in [0.15, 0.2) is 0 Å². The Morgan fingerprint density at radius 3 is 2.36 bits per heavy atom. The predicted octanol–water partition coefficient (Wildman–Crippen LogP) is 5.14. The van der Waals surface area contributed by atoms with Crippen LogP contribution in [0, 0.1) is 0 Å². The average Bonchev–Trinajstić information content (AvgIpc) is 2.91. The molecule has 3 aromatic rings. The molecule has 204 valence electrons. The number of alkyl halides is 1. The molecular weight excluding hydrogens is 582 g/mol. The van der Waals surface area contributed by atoms with E-state index in [4.69, 9.17) is 46.4 Å². The number of halogens is 4. The van der Waals surface area contributed by atoms with Gasteiger partial charge in [0, 0.05) is 47.0 Å². The van der Waals surface area contributed by atoms with E-state index in [-0.39, 0.29) is 37.2 Å². The first-order valence-corrected chi connectivity index (χ1v) is 13.9. The van der Waals surface area contributed by atoms with Crippen molar-refractivity contribution in [2.75, 3.05) is 13.1 Å². The molecule has 1 aliphatic heterocycles. The number of carbonyl (C=O) groups is 3. The third-order valence-corrected chi connectivity index (χ3v) is 7.67. The van der Waals surface area contributed by atoms with Gasteiger partial charge in [0.1, 0.15) is 18.1 Å². The number of amides is 3. The topological polar surface area (TPSA) is 82.6 Å². The first kappa shape index (κ1) is 29.2. The first-order valence-electron chi connectivity index (χ1n) is 12.3. The second-order valence-electron chi connectivity index (χ2n) is 9.16. The Balaban J connectivity index is 1.46. The van der Waals surface area contributed by atoms with Gasteiger partial charge in [-0.25, -0.2) is 0 Å². The Bertz CT molecular complexity index is 1320. The number of rotatable bonds is 10. The van der Waals surface area contributed by atoms with Gasteiger partial charge in [-0.05, 0) is 59.5 Å². The quantitative estimate of drug-likeness (QED) is 0.256. The summed E-state index contributed by atoms with van der Waals surface area (Å²) in [6.07, 6.45) is 3.83. The molecule has 1 aromatic heterocycles. The van der Waals surface area contributed by atoms with Crippen molar-refractivity contribution in [2.45, 2.75) is 37.4 Å². The lowest BCUT2D eigenvalue weighted by Gasteiger charge is -2.41. The van der Waals surface area contributed by atoms with E-state index in [0.29, 0.717) is 34.5 Å². The van der Waals surface area contributed by atoms with Gasteiger partial charge < -0.3 is 15.1 Å². The number of carbonyl (C=O) groups excluding carboxylic acids is 3. The summed E-state index contributed by atoms with van der Waals surface area (Å²) in [6.45, 7) is 0.292. The SMILES string of the molecule is O=C(CC1C(=O)N(C(Cl)Cc2ccc(Cl)cc2)CC(=O)N1Cc1ccncc1)NCCc1ccc(Cl)cc1Cl. The number of piperazine rings is 1. The van der Waals surface area contributed by atoms with Crippen molar-refractivity contribution in [3.63, 3.8) is 0 Å². The summed E-state index contributed by atoms with van der Waals surface area (Å²) in [5, 5.41) is 4.46. The van der Waals surface area contributed by atoms with Crippen molar-refractivity contribution >= 4 is 64.1 Å². The van der Waals surface area contributed by atoms with E-state index in [2.05, 4.69) is 10.3 Å². The van der Waals surface area contributed by atoms with Crippen LogP contribution in [-0.2, 0) is 33.8 Å². The summed E-state index contributed by atoms with van der Waals surface area (Å²) in [4.78, 5) is 46.7. The molecule has 3 amide bonds. The van der Waals surface area contributed by atoms with Crippen LogP contribution < -0.4 is 5.32 Å². The number of hydrogen-bond acceptors (Lipinski definition) is 4. The lowest BCUT2D eigenvalue weighted by molar-refractivity contribution is -0.158. The molecule has 0 saturated carbocycles. The average molecular weight is 608 g/mol. The maximum atomic E-state index is 13.7. The van der Waals surface area contributed by atoms with Gasteiger partial charge >= 0.3 is 0 Å². The van der Waals surface area contributed by atoms with Crippen LogP contribution in [-0.4, -0.2) is 57.1 Å². The van der Waals surface area contributed by atoms with Gasteiger partial charge in [-0.1, -0.05) is 64.6 Å². The van der Waals surface area contributed by atoms with E-state index in [9.17, 15) is 14.4 Å². The van der Waals surface area contributed by atoms with Crippen molar-refractivity contribution in [1.29, 1.82) is 0 Å². The van der Waals surface area contributed by atoms with Gasteiger partial charge in [0.25, 0.3) is 0 Å². The summed E-state index contributed by atoms with van der Waals surface area (Å²) in [7, 11) is 0. The Morgan fingerprint density at radius 1 is 0.974 bits per heavy atom. The van der Waals surface area contributed by atoms with E-state index in [0.717, 1.165) is 16.7 Å². The molecule has 1 aliphatic rings. The molecule has 2 aromatic carbocycles. The normalized spacial score (nSPS) is 16.4. The molecule has 0 radical (unpaired) electrons. The van der Waals surface area contributed by atoms with E-state index >= 15 is 0 Å². The fourth-order valence-electron chi connectivity index (χ4n) is 4.36. The Morgan fingerprint density at radius 2 is 1.67 bits per heavy atom. The van der Waals surface area contributed by atoms with Crippen molar-refractivity contribution in [1.82, 2.24) is 20.1 Å². The number of nitrogens with one attached hydrogen (secondary N) is 1. The summed E-state index contributed by atoms with van der Waals surface area (Å²) >= 11 is 24.8. The highest BCUT2D eigenvalue weighted by Crippen LogP contribution is 2.25. The van der Waals surface area contributed by atoms with Gasteiger partial charge in [-0.15, -0.1) is 0 Å². The minimum atomic E-state index is -1.01. The van der Waals surface area contributed by atoms with Crippen molar-refractivity contribution < 1.29 is 14.4 Å². The van der Waals surface area contributed by atoms with Crippen LogP contribution in [0.5, 0.6) is 0 Å². The molecule has 0 aliphatic carbocycles. The zero-order chi connectivity index (χ0) is 27.9. The van der Waals surface area contributed by atoms with Crippen LogP contribution >= 0.6 is 46.4 Å². The molecule has 2 heterocycles. The van der Waals surface area contributed by atoms with Crippen LogP contribution in [0.15, 0.2) is 67.0 Å². The van der Waals surface area contributed by atoms with Crippen molar-refractivity contribution in [2.24, 2.45) is 0 Å². The molecule has 39 heavy (non-hydrogen) atoms. The molecule has 2 atom stereocenters. The first-order chi connectivity index (χ1) is 18.7. The number of pyridine rings is 1. The summed E-state index contributed by atoms with van der Waals surface area (Å²) in [5.74, 6) is -1.04. The number of benzene rings is 2. The molecule has 2 unspecified atom stereocenters. The summed E-state index contributed by atoms with van der Waals surface area (Å²) in [6, 6.07) is 14.8. The number of hydrogen-bond donors (Lipinski definition) is 1. The lowest BCUT2D eigenvalue weighted by atomic mass is 10.0. The molecular formula is C28H26Cl4N4O3. The minimum Gasteiger partial charge on any atom is -0.356 e. The Hall–Kier alpha value is -2.84. The fourth-order valence-corrected chi connectivity index (χ4v) is 5.34. The molecule has 0 spiro atoms. The number of nitrogens with zero attached hydrogens (tertiary/aromatic N) is 3. The highest BCUT2D eigenvalue weighted by molar-refractivity contribution is 6.35. The largest absolute Gasteiger partial charge is 0.356 e. The predicted molar refractivity (Wildman–Crippen MR) is 153 cm³/mol. The minimum absolute atomic E-state index is 0.170. The molecule has 0 bridgehead atoms. The van der Waals surface area contributed by atoms with E-state index in [1.54, 1.807) is 54.9 Å². The second kappa shape index (κ2) is 13.5. The van der Waals surface area contributed by atoms with Crippen molar-refractivity contribution in [3.8, 4) is 0 Å². The third-order valence-electron chi connectivity index (χ3n) is 6.44. The lowest BCUT2D eigenvalue weighted by Crippen LogP contribution is -2.62. The molecule has 1 saturated heterocycles. The Labute approximate surface area is 247 Å². The number of aromatic nitrogens is 1. The maximum absolute atomic E-state index is 13.7. The zero-order valence-electron chi connectivity index (χ0n) is 20.8. The molecule has 1 fully saturated rings. The summed E-state index contributed by atoms with van der Waals surface area (Å²) in [5.41, 5.74) is 1.73. The van der Waals surface area contributed by atoms with Crippen LogP contribution in [0.2, 0.25) is 15.1 Å². The maximum Gasteiger partial charge on any atom is 0.247 e. The van der Waals surface area contributed by atoms with Crippen LogP contribution in [0.4, 0.5) is 0 Å². The molecule has 11 heteroatoms. The van der Waals surface area contributed by atoms with Gasteiger partial charge in [0.2, 0.25) is 17.7 Å². The van der Waals surface area contributed by atoms with E-state index < -0.39 is 11.5 Å². The molecule has 1 N–H and O–H groups in total. The molecule has 7 nitrogen and oxygen atoms in total. The second-order valence-corrected chi connectivity index (χ2v) is 10.9. The van der Waals surface area contributed by atoms with Crippen LogP contribution in [0.1, 0.15) is 23.1 Å². The highest BCUT2D eigenvalue weighted by atomic mass is 35.5. The van der Waals surface area contributed by atoms with E-state index in [1.807, 2.05) is 12.1 Å². The van der Waals surface area contributed by atoms with Crippen LogP contribution in [0.3, 0.4) is 0 Å². The zero-order valence-corrected chi connectivity index (χ0v) is 23.9. The summed E-state index contributed by atoms with van der Waals surface area (Å²) < 4.78 is 0. The Kier molecular flexibility index (Phi) is 10.1. The van der Waals surface area contributed by atoms with E-state index in [1.165, 1.54) is 9.80 Å². The van der Waals surface area contributed by atoms with Gasteiger partial charge in [-0.3, -0.25) is 19.4 Å².